The SMILES string of the molecule is CCCS(=O)(=O)c1ccccc1C(=O)N1CCC(C(=O)O)(C(F)(F)F)C1. The van der Waals surface area contributed by atoms with Crippen LogP contribution in [0.25, 0.3) is 0 Å². The maximum Gasteiger partial charge on any atom is 0.406 e. The quantitative estimate of drug-likeness (QED) is 0.829. The van der Waals surface area contributed by atoms with Gasteiger partial charge in [0.2, 0.25) is 0 Å². The van der Waals surface area contributed by atoms with Gasteiger partial charge in [0, 0.05) is 13.1 Å². The van der Waals surface area contributed by atoms with Gasteiger partial charge in [-0.15, -0.1) is 0 Å². The van der Waals surface area contributed by atoms with Crippen LogP contribution in [-0.4, -0.2) is 55.3 Å². The van der Waals surface area contributed by atoms with Crippen LogP contribution in [-0.2, 0) is 14.6 Å². The zero-order valence-corrected chi connectivity index (χ0v) is 14.7. The molecule has 1 aliphatic rings. The van der Waals surface area contributed by atoms with Crippen molar-refractivity contribution in [2.45, 2.75) is 30.8 Å². The van der Waals surface area contributed by atoms with Crippen LogP contribution >= 0.6 is 0 Å². The molecule has 1 atom stereocenters. The van der Waals surface area contributed by atoms with Gasteiger partial charge in [-0.05, 0) is 25.0 Å². The molecule has 1 fully saturated rings. The van der Waals surface area contributed by atoms with Crippen LogP contribution in [0.15, 0.2) is 29.2 Å². The highest BCUT2D eigenvalue weighted by molar-refractivity contribution is 7.91. The number of rotatable bonds is 5. The summed E-state index contributed by atoms with van der Waals surface area (Å²) in [4.78, 5) is 24.4. The van der Waals surface area contributed by atoms with Crippen LogP contribution in [0.1, 0.15) is 30.1 Å². The molecule has 0 bridgehead atoms. The van der Waals surface area contributed by atoms with Crippen molar-refractivity contribution in [1.29, 1.82) is 0 Å². The van der Waals surface area contributed by atoms with Crippen molar-refractivity contribution in [1.82, 2.24) is 4.90 Å². The molecule has 0 aliphatic carbocycles. The number of nitrogens with zero attached hydrogens (tertiary/aromatic N) is 1. The first-order valence-corrected chi connectivity index (χ1v) is 9.52. The Hall–Kier alpha value is -2.10. The number of likely N-dealkylation sites (tertiary alicyclic amines) is 1. The number of alkyl halides is 3. The molecule has 144 valence electrons. The summed E-state index contributed by atoms with van der Waals surface area (Å²) in [5.41, 5.74) is -3.29. The Kier molecular flexibility index (Phi) is 5.36. The lowest BCUT2D eigenvalue weighted by atomic mass is 9.86. The maximum absolute atomic E-state index is 13.3. The van der Waals surface area contributed by atoms with E-state index in [0.717, 1.165) is 4.90 Å². The van der Waals surface area contributed by atoms with Crippen LogP contribution < -0.4 is 0 Å². The Bertz CT molecular complexity index is 821. The molecule has 10 heteroatoms. The average Bonchev–Trinajstić information content (AvgIpc) is 3.01. The zero-order valence-electron chi connectivity index (χ0n) is 13.9. The number of halogens is 3. The highest BCUT2D eigenvalue weighted by Crippen LogP contribution is 2.46. The summed E-state index contributed by atoms with van der Waals surface area (Å²) in [7, 11) is -3.78. The van der Waals surface area contributed by atoms with Gasteiger partial charge in [-0.2, -0.15) is 13.2 Å². The molecule has 1 unspecified atom stereocenters. The monoisotopic (exact) mass is 393 g/mol. The summed E-state index contributed by atoms with van der Waals surface area (Å²) in [5.74, 6) is -3.18. The van der Waals surface area contributed by atoms with E-state index in [1.165, 1.54) is 24.3 Å². The van der Waals surface area contributed by atoms with Crippen molar-refractivity contribution in [3.05, 3.63) is 29.8 Å². The van der Waals surface area contributed by atoms with Crippen LogP contribution in [0.2, 0.25) is 0 Å². The average molecular weight is 393 g/mol. The number of carboxylic acids is 1. The van der Waals surface area contributed by atoms with E-state index in [1.807, 2.05) is 0 Å². The molecular weight excluding hydrogens is 375 g/mol. The summed E-state index contributed by atoms with van der Waals surface area (Å²) in [6.07, 6.45) is -5.49. The second kappa shape index (κ2) is 6.90. The van der Waals surface area contributed by atoms with Gasteiger partial charge in [0.25, 0.3) is 5.91 Å². The van der Waals surface area contributed by atoms with Gasteiger partial charge in [-0.25, -0.2) is 8.42 Å². The maximum atomic E-state index is 13.3. The van der Waals surface area contributed by atoms with Gasteiger partial charge in [-0.1, -0.05) is 19.1 Å². The second-order valence-corrected chi connectivity index (χ2v) is 8.25. The van der Waals surface area contributed by atoms with E-state index in [2.05, 4.69) is 0 Å². The number of hydrogen-bond acceptors (Lipinski definition) is 4. The number of aliphatic carboxylic acids is 1. The largest absolute Gasteiger partial charge is 0.481 e. The fourth-order valence-corrected chi connectivity index (χ4v) is 4.51. The zero-order chi connectivity index (χ0) is 19.8. The molecule has 1 aromatic rings. The number of benzene rings is 1. The van der Waals surface area contributed by atoms with Crippen LogP contribution in [0.5, 0.6) is 0 Å². The molecule has 1 aromatic carbocycles. The first-order chi connectivity index (χ1) is 12.0. The molecule has 26 heavy (non-hydrogen) atoms. The highest BCUT2D eigenvalue weighted by atomic mass is 32.2. The third kappa shape index (κ3) is 3.42. The normalized spacial score (nSPS) is 21.0. The van der Waals surface area contributed by atoms with Gasteiger partial charge in [0.15, 0.2) is 15.3 Å². The number of hydrogen-bond donors (Lipinski definition) is 1. The summed E-state index contributed by atoms with van der Waals surface area (Å²) in [6.45, 7) is 0.173. The lowest BCUT2D eigenvalue weighted by Gasteiger charge is -2.27. The van der Waals surface area contributed by atoms with Gasteiger partial charge in [0.05, 0.1) is 16.2 Å². The van der Waals surface area contributed by atoms with E-state index in [9.17, 15) is 31.2 Å². The molecule has 0 saturated carbocycles. The third-order valence-corrected chi connectivity index (χ3v) is 6.41. The Balaban J connectivity index is 2.40. The highest BCUT2D eigenvalue weighted by Gasteiger charge is 2.64. The first kappa shape index (κ1) is 20.2. The Morgan fingerprint density at radius 3 is 2.38 bits per heavy atom. The minimum atomic E-state index is -5.03. The lowest BCUT2D eigenvalue weighted by molar-refractivity contribution is -0.227. The number of carbonyl (C=O) groups excluding carboxylic acids is 1. The smallest absolute Gasteiger partial charge is 0.406 e. The molecule has 0 radical (unpaired) electrons. The molecule has 2 rings (SSSR count). The molecular formula is C16H18F3NO5S. The van der Waals surface area contributed by atoms with Gasteiger partial charge >= 0.3 is 12.1 Å². The summed E-state index contributed by atoms with van der Waals surface area (Å²) >= 11 is 0. The van der Waals surface area contributed by atoms with Gasteiger partial charge in [-0.3, -0.25) is 9.59 Å². The summed E-state index contributed by atoms with van der Waals surface area (Å²) < 4.78 is 64.4. The Morgan fingerprint density at radius 2 is 1.88 bits per heavy atom. The lowest BCUT2D eigenvalue weighted by Crippen LogP contribution is -2.47. The minimum Gasteiger partial charge on any atom is -0.481 e. The Labute approximate surface area is 148 Å². The van der Waals surface area contributed by atoms with Crippen molar-refractivity contribution >= 4 is 21.7 Å². The topological polar surface area (TPSA) is 91.8 Å². The third-order valence-electron chi connectivity index (χ3n) is 4.43. The van der Waals surface area contributed by atoms with E-state index in [-0.39, 0.29) is 16.2 Å². The van der Waals surface area contributed by atoms with Crippen molar-refractivity contribution in [2.24, 2.45) is 5.41 Å². The fraction of sp³-hybridized carbons (Fsp3) is 0.500. The molecule has 1 heterocycles. The number of sulfone groups is 1. The molecule has 1 N–H and O–H groups in total. The van der Waals surface area contributed by atoms with Crippen LogP contribution in [0.3, 0.4) is 0 Å². The molecule has 6 nitrogen and oxygen atoms in total. The number of carboxylic acid groups (broad SMARTS) is 1. The molecule has 1 aliphatic heterocycles. The van der Waals surface area contributed by atoms with E-state index in [1.54, 1.807) is 6.92 Å². The van der Waals surface area contributed by atoms with E-state index >= 15 is 0 Å². The minimum absolute atomic E-state index is 0.209. The van der Waals surface area contributed by atoms with Gasteiger partial charge < -0.3 is 10.0 Å². The van der Waals surface area contributed by atoms with Crippen molar-refractivity contribution < 1.29 is 36.3 Å². The number of carbonyl (C=O) groups is 2. The van der Waals surface area contributed by atoms with Crippen LogP contribution in [0.4, 0.5) is 13.2 Å². The van der Waals surface area contributed by atoms with E-state index < -0.39 is 52.8 Å². The predicted octanol–water partition coefficient (Wildman–Crippen LogP) is 2.35. The number of amides is 1. The first-order valence-electron chi connectivity index (χ1n) is 7.87. The second-order valence-electron chi connectivity index (χ2n) is 6.18. The molecule has 0 aromatic heterocycles. The predicted molar refractivity (Wildman–Crippen MR) is 85.4 cm³/mol. The Morgan fingerprint density at radius 1 is 1.27 bits per heavy atom. The van der Waals surface area contributed by atoms with Gasteiger partial charge in [0.1, 0.15) is 0 Å². The van der Waals surface area contributed by atoms with Crippen molar-refractivity contribution in [2.75, 3.05) is 18.8 Å². The van der Waals surface area contributed by atoms with E-state index in [4.69, 9.17) is 5.11 Å². The van der Waals surface area contributed by atoms with E-state index in [0.29, 0.717) is 6.42 Å². The molecule has 1 saturated heterocycles. The van der Waals surface area contributed by atoms with Crippen molar-refractivity contribution in [3.63, 3.8) is 0 Å². The molecule has 0 spiro atoms. The molecule has 1 amide bonds. The fourth-order valence-electron chi connectivity index (χ4n) is 2.97. The standard InChI is InChI=1S/C16H18F3NO5S/c1-2-9-26(24,25)12-6-4-3-5-11(12)13(21)20-8-7-15(10-20,14(22)23)16(17,18)19/h3-6H,2,7-10H2,1H3,(H,22,23). The summed E-state index contributed by atoms with van der Waals surface area (Å²) in [6, 6.07) is 5.27. The van der Waals surface area contributed by atoms with Crippen molar-refractivity contribution in [3.8, 4) is 0 Å². The summed E-state index contributed by atoms with van der Waals surface area (Å²) in [5, 5.41) is 9.07. The van der Waals surface area contributed by atoms with Crippen LogP contribution in [0, 0.1) is 5.41 Å².